The molecule has 0 bridgehead atoms. The molecule has 2 heteroatoms. The van der Waals surface area contributed by atoms with Crippen molar-refractivity contribution in [3.8, 4) is 0 Å². The van der Waals surface area contributed by atoms with Crippen LogP contribution >= 0.6 is 0 Å². The van der Waals surface area contributed by atoms with Gasteiger partial charge in [-0.2, -0.15) is 0 Å². The molecule has 0 saturated carbocycles. The fraction of sp³-hybridized carbons (Fsp3) is 0.375. The highest BCUT2D eigenvalue weighted by atomic mass is 15.0. The van der Waals surface area contributed by atoms with Gasteiger partial charge in [-0.1, -0.05) is 12.2 Å². The second-order valence-corrected chi connectivity index (χ2v) is 2.50. The lowest BCUT2D eigenvalue weighted by atomic mass is 10.0. The number of nitrogens with one attached hydrogen (secondary N) is 1. The summed E-state index contributed by atoms with van der Waals surface area (Å²) >= 11 is 0. The zero-order valence-corrected chi connectivity index (χ0v) is 5.80. The summed E-state index contributed by atoms with van der Waals surface area (Å²) in [7, 11) is 0. The first-order chi connectivity index (χ1) is 4.97. The summed E-state index contributed by atoms with van der Waals surface area (Å²) in [5.41, 5.74) is 2.53. The number of fused-ring (bicyclic) bond motifs is 1. The van der Waals surface area contributed by atoms with Crippen LogP contribution in [0.5, 0.6) is 0 Å². The van der Waals surface area contributed by atoms with E-state index in [1.54, 1.807) is 0 Å². The third-order valence-corrected chi connectivity index (χ3v) is 1.78. The van der Waals surface area contributed by atoms with E-state index in [1.807, 2.05) is 6.21 Å². The molecule has 0 fully saturated rings. The van der Waals surface area contributed by atoms with Crippen LogP contribution in [-0.4, -0.2) is 12.9 Å². The minimum absolute atomic E-state index is 0.739. The third kappa shape index (κ3) is 0.856. The first kappa shape index (κ1) is 5.71. The zero-order chi connectivity index (χ0) is 6.81. The van der Waals surface area contributed by atoms with E-state index >= 15 is 0 Å². The summed E-state index contributed by atoms with van der Waals surface area (Å²) in [6.45, 7) is 0.739. The molecule has 1 N–H and O–H groups in total. The molecule has 1 heterocycles. The second kappa shape index (κ2) is 2.29. The number of nitrogens with zero attached hydrogens (tertiary/aromatic N) is 1. The van der Waals surface area contributed by atoms with Crippen molar-refractivity contribution in [3.05, 3.63) is 23.4 Å². The largest absolute Gasteiger partial charge is 0.366 e. The molecule has 1 aliphatic heterocycles. The van der Waals surface area contributed by atoms with Gasteiger partial charge < -0.3 is 5.32 Å². The first-order valence-electron chi connectivity index (χ1n) is 3.61. The van der Waals surface area contributed by atoms with Crippen molar-refractivity contribution in [1.29, 1.82) is 0 Å². The van der Waals surface area contributed by atoms with E-state index in [-0.39, 0.29) is 0 Å². The quantitative estimate of drug-likeness (QED) is 0.529. The minimum atomic E-state index is 0.739. The molecule has 0 aromatic heterocycles. The highest BCUT2D eigenvalue weighted by Crippen LogP contribution is 2.16. The van der Waals surface area contributed by atoms with Gasteiger partial charge in [0.05, 0.1) is 0 Å². The van der Waals surface area contributed by atoms with E-state index in [9.17, 15) is 0 Å². The van der Waals surface area contributed by atoms with E-state index in [1.165, 1.54) is 17.7 Å². The minimum Gasteiger partial charge on any atom is -0.366 e. The molecule has 0 saturated heterocycles. The Morgan fingerprint density at radius 3 is 3.10 bits per heavy atom. The van der Waals surface area contributed by atoms with Gasteiger partial charge in [0.25, 0.3) is 0 Å². The Hall–Kier alpha value is -1.05. The van der Waals surface area contributed by atoms with Gasteiger partial charge >= 0.3 is 0 Å². The maximum absolute atomic E-state index is 4.12. The highest BCUT2D eigenvalue weighted by Gasteiger charge is 2.07. The molecule has 0 amide bonds. The van der Waals surface area contributed by atoms with E-state index in [4.69, 9.17) is 0 Å². The number of hydrogen-bond acceptors (Lipinski definition) is 2. The Morgan fingerprint density at radius 2 is 2.20 bits per heavy atom. The topological polar surface area (TPSA) is 24.4 Å². The third-order valence-electron chi connectivity index (χ3n) is 1.78. The number of aliphatic imine (C=N–C) groups is 1. The Morgan fingerprint density at radius 1 is 1.30 bits per heavy atom. The Balaban J connectivity index is 2.33. The molecular weight excluding hydrogens is 124 g/mol. The van der Waals surface area contributed by atoms with Crippen molar-refractivity contribution >= 4 is 6.21 Å². The summed E-state index contributed by atoms with van der Waals surface area (Å²) in [5, 5.41) is 3.22. The van der Waals surface area contributed by atoms with Gasteiger partial charge in [-0.05, 0) is 12.8 Å². The van der Waals surface area contributed by atoms with Crippen molar-refractivity contribution in [2.75, 3.05) is 6.67 Å². The van der Waals surface area contributed by atoms with Gasteiger partial charge in [0.1, 0.15) is 6.67 Å². The van der Waals surface area contributed by atoms with Crippen LogP contribution in [0, 0.1) is 0 Å². The molecule has 2 rings (SSSR count). The predicted octanol–water partition coefficient (Wildman–Crippen LogP) is 1.22. The number of allylic oxidation sites excluding steroid dienone is 3. The van der Waals surface area contributed by atoms with Crippen LogP contribution in [0.15, 0.2) is 28.4 Å². The van der Waals surface area contributed by atoms with Gasteiger partial charge in [-0.3, -0.25) is 4.99 Å². The monoisotopic (exact) mass is 134 g/mol. The van der Waals surface area contributed by atoms with E-state index in [0.29, 0.717) is 0 Å². The molecule has 10 heavy (non-hydrogen) atoms. The molecular formula is C8H10N2. The fourth-order valence-electron chi connectivity index (χ4n) is 1.27. The average molecular weight is 134 g/mol. The molecule has 0 aromatic carbocycles. The Bertz CT molecular complexity index is 223. The molecule has 0 spiro atoms. The van der Waals surface area contributed by atoms with Crippen LogP contribution in [0.2, 0.25) is 0 Å². The van der Waals surface area contributed by atoms with Gasteiger partial charge in [-0.25, -0.2) is 0 Å². The van der Waals surface area contributed by atoms with Crippen molar-refractivity contribution in [3.63, 3.8) is 0 Å². The summed E-state index contributed by atoms with van der Waals surface area (Å²) in [5.74, 6) is 0. The van der Waals surface area contributed by atoms with Crippen LogP contribution in [0.1, 0.15) is 12.8 Å². The second-order valence-electron chi connectivity index (χ2n) is 2.50. The Kier molecular flexibility index (Phi) is 1.31. The fourth-order valence-corrected chi connectivity index (χ4v) is 1.27. The molecule has 1 aliphatic carbocycles. The maximum atomic E-state index is 4.12. The van der Waals surface area contributed by atoms with E-state index in [0.717, 1.165) is 13.1 Å². The normalized spacial score (nSPS) is 22.4. The Labute approximate surface area is 60.3 Å². The molecule has 0 atom stereocenters. The molecule has 2 aliphatic rings. The van der Waals surface area contributed by atoms with Crippen molar-refractivity contribution in [2.24, 2.45) is 4.99 Å². The smallest absolute Gasteiger partial charge is 0.107 e. The van der Waals surface area contributed by atoms with Crippen molar-refractivity contribution in [1.82, 2.24) is 5.32 Å². The molecule has 2 nitrogen and oxygen atoms in total. The summed E-state index contributed by atoms with van der Waals surface area (Å²) in [4.78, 5) is 4.12. The SMILES string of the molecule is C1=NCNC2=CCCC=C12. The van der Waals surface area contributed by atoms with Crippen LogP contribution in [-0.2, 0) is 0 Å². The highest BCUT2D eigenvalue weighted by molar-refractivity contribution is 5.85. The van der Waals surface area contributed by atoms with E-state index < -0.39 is 0 Å². The van der Waals surface area contributed by atoms with Crippen LogP contribution < -0.4 is 5.32 Å². The molecule has 0 unspecified atom stereocenters. The van der Waals surface area contributed by atoms with Crippen LogP contribution in [0.25, 0.3) is 0 Å². The lowest BCUT2D eigenvalue weighted by molar-refractivity contribution is 0.804. The van der Waals surface area contributed by atoms with Crippen molar-refractivity contribution < 1.29 is 0 Å². The summed E-state index contributed by atoms with van der Waals surface area (Å²) < 4.78 is 0. The lowest BCUT2D eigenvalue weighted by Crippen LogP contribution is -2.21. The lowest BCUT2D eigenvalue weighted by Gasteiger charge is -2.17. The van der Waals surface area contributed by atoms with Gasteiger partial charge in [0.15, 0.2) is 0 Å². The summed E-state index contributed by atoms with van der Waals surface area (Å²) in [6.07, 6.45) is 8.74. The van der Waals surface area contributed by atoms with Crippen LogP contribution in [0.3, 0.4) is 0 Å². The molecule has 0 radical (unpaired) electrons. The first-order valence-corrected chi connectivity index (χ1v) is 3.61. The zero-order valence-electron chi connectivity index (χ0n) is 5.80. The molecule has 52 valence electrons. The van der Waals surface area contributed by atoms with Gasteiger partial charge in [-0.15, -0.1) is 0 Å². The van der Waals surface area contributed by atoms with Gasteiger partial charge in [0, 0.05) is 17.5 Å². The molecule has 0 aromatic rings. The number of rotatable bonds is 0. The maximum Gasteiger partial charge on any atom is 0.107 e. The van der Waals surface area contributed by atoms with Gasteiger partial charge in [0.2, 0.25) is 0 Å². The summed E-state index contributed by atoms with van der Waals surface area (Å²) in [6, 6.07) is 0. The predicted molar refractivity (Wildman–Crippen MR) is 41.9 cm³/mol. The number of hydrogen-bond donors (Lipinski definition) is 1. The standard InChI is InChI=1S/C8H10N2/c1-2-4-8-7(3-1)5-9-6-10-8/h3-5,10H,1-2,6H2. The van der Waals surface area contributed by atoms with E-state index in [2.05, 4.69) is 22.5 Å². The average Bonchev–Trinajstić information content (AvgIpc) is 2.05. The van der Waals surface area contributed by atoms with Crippen molar-refractivity contribution in [2.45, 2.75) is 12.8 Å². The van der Waals surface area contributed by atoms with Crippen LogP contribution in [0.4, 0.5) is 0 Å².